The van der Waals surface area contributed by atoms with E-state index < -0.39 is 47.7 Å². The molecule has 14 nitrogen and oxygen atoms in total. The van der Waals surface area contributed by atoms with E-state index in [0.717, 1.165) is 5.56 Å². The van der Waals surface area contributed by atoms with E-state index in [-0.39, 0.29) is 32.5 Å². The highest BCUT2D eigenvalue weighted by atomic mass is 16.2. The van der Waals surface area contributed by atoms with Gasteiger partial charge in [-0.05, 0) is 18.4 Å². The summed E-state index contributed by atoms with van der Waals surface area (Å²) in [4.78, 5) is 77.1. The number of hydrogen-bond acceptors (Lipinski definition) is 8. The van der Waals surface area contributed by atoms with E-state index in [1.807, 2.05) is 18.2 Å². The third-order valence-electron chi connectivity index (χ3n) is 6.53. The molecule has 1 aromatic carbocycles. The minimum Gasteiger partial charge on any atom is -0.348 e. The lowest BCUT2D eigenvalue weighted by molar-refractivity contribution is -0.140. The Balaban J connectivity index is 1.65. The Kier molecular flexibility index (Phi) is 8.97. The predicted molar refractivity (Wildman–Crippen MR) is 135 cm³/mol. The van der Waals surface area contributed by atoms with Gasteiger partial charge < -0.3 is 31.0 Å². The van der Waals surface area contributed by atoms with E-state index in [1.165, 1.54) is 15.8 Å². The fraction of sp³-hybridized carbons (Fsp3) is 0.440. The number of aldehydes is 1. The van der Waals surface area contributed by atoms with Gasteiger partial charge in [0.15, 0.2) is 0 Å². The summed E-state index contributed by atoms with van der Waals surface area (Å²) in [5.74, 6) is -2.65. The Morgan fingerprint density at radius 1 is 1.10 bits per heavy atom. The first-order chi connectivity index (χ1) is 18.8. The van der Waals surface area contributed by atoms with Gasteiger partial charge in [0.25, 0.3) is 0 Å². The predicted octanol–water partition coefficient (Wildman–Crippen LogP) is -2.53. The SMILES string of the molecule is O=CCNC(=O)C1Cc2cn(nn2)CC(=O)NCC(=O)N2CCCC2C(=O)NC(Cc2ccccc2)C(=O)N1. The molecular formula is C25H30N8O6. The van der Waals surface area contributed by atoms with Crippen molar-refractivity contribution in [3.05, 3.63) is 47.8 Å². The Morgan fingerprint density at radius 2 is 1.90 bits per heavy atom. The molecule has 1 aromatic heterocycles. The van der Waals surface area contributed by atoms with Gasteiger partial charge in [0, 0.05) is 25.6 Å². The molecule has 3 atom stereocenters. The summed E-state index contributed by atoms with van der Waals surface area (Å²) < 4.78 is 1.25. The first-order valence-corrected chi connectivity index (χ1v) is 12.6. The van der Waals surface area contributed by atoms with Crippen molar-refractivity contribution in [3.8, 4) is 0 Å². The van der Waals surface area contributed by atoms with Crippen molar-refractivity contribution >= 4 is 35.8 Å². The maximum atomic E-state index is 13.5. The summed E-state index contributed by atoms with van der Waals surface area (Å²) in [6.45, 7) is -0.434. The van der Waals surface area contributed by atoms with Crippen LogP contribution in [-0.2, 0) is 48.2 Å². The zero-order chi connectivity index (χ0) is 27.8. The molecule has 0 saturated carbocycles. The average molecular weight is 539 g/mol. The van der Waals surface area contributed by atoms with Crippen LogP contribution < -0.4 is 21.3 Å². The number of benzene rings is 1. The Morgan fingerprint density at radius 3 is 2.67 bits per heavy atom. The molecular weight excluding hydrogens is 508 g/mol. The highest BCUT2D eigenvalue weighted by molar-refractivity contribution is 5.95. The smallest absolute Gasteiger partial charge is 0.243 e. The third-order valence-corrected chi connectivity index (χ3v) is 6.53. The van der Waals surface area contributed by atoms with Crippen molar-refractivity contribution in [1.29, 1.82) is 0 Å². The number of aromatic nitrogens is 3. The summed E-state index contributed by atoms with van der Waals surface area (Å²) in [5.41, 5.74) is 1.08. The molecule has 2 aromatic rings. The Bertz CT molecular complexity index is 1230. The summed E-state index contributed by atoms with van der Waals surface area (Å²) in [6, 6.07) is 6.03. The van der Waals surface area contributed by atoms with Crippen LogP contribution in [0.15, 0.2) is 36.5 Å². The number of nitrogens with one attached hydrogen (secondary N) is 4. The van der Waals surface area contributed by atoms with Crippen LogP contribution >= 0.6 is 0 Å². The molecule has 39 heavy (non-hydrogen) atoms. The number of carbonyl (C=O) groups is 6. The largest absolute Gasteiger partial charge is 0.348 e. The van der Waals surface area contributed by atoms with Crippen molar-refractivity contribution < 1.29 is 28.8 Å². The van der Waals surface area contributed by atoms with Gasteiger partial charge >= 0.3 is 0 Å². The van der Waals surface area contributed by atoms with Gasteiger partial charge in [-0.15, -0.1) is 5.10 Å². The van der Waals surface area contributed by atoms with Gasteiger partial charge in [-0.2, -0.15) is 0 Å². The van der Waals surface area contributed by atoms with E-state index in [1.54, 1.807) is 12.1 Å². The lowest BCUT2D eigenvalue weighted by atomic mass is 10.0. The zero-order valence-corrected chi connectivity index (χ0v) is 21.2. The van der Waals surface area contributed by atoms with Crippen molar-refractivity contribution in [3.63, 3.8) is 0 Å². The average Bonchev–Trinajstić information content (AvgIpc) is 3.59. The van der Waals surface area contributed by atoms with Gasteiger partial charge in [-0.1, -0.05) is 35.5 Å². The number of amides is 5. The molecule has 0 aliphatic carbocycles. The van der Waals surface area contributed by atoms with Crippen LogP contribution in [0.5, 0.6) is 0 Å². The standard InChI is InChI=1S/C25H30N8O6/c34-10-8-26-23(37)19-12-17-14-32(31-30-17)15-21(35)27-13-22(36)33-9-4-7-20(33)25(39)29-18(24(38)28-19)11-16-5-2-1-3-6-16/h1-3,5-6,10,14,18-20H,4,7-9,11-13,15H2,(H,26,37)(H,27,35)(H,28,38)(H,29,39). The number of nitrogens with zero attached hydrogens (tertiary/aromatic N) is 4. The van der Waals surface area contributed by atoms with E-state index in [9.17, 15) is 28.8 Å². The molecule has 0 radical (unpaired) electrons. The van der Waals surface area contributed by atoms with Crippen LogP contribution in [0.3, 0.4) is 0 Å². The fourth-order valence-corrected chi connectivity index (χ4v) is 4.61. The number of carbonyl (C=O) groups excluding carboxylic acids is 6. The summed E-state index contributed by atoms with van der Waals surface area (Å²) >= 11 is 0. The highest BCUT2D eigenvalue weighted by Gasteiger charge is 2.36. The van der Waals surface area contributed by atoms with Crippen molar-refractivity contribution in [2.75, 3.05) is 19.6 Å². The summed E-state index contributed by atoms with van der Waals surface area (Å²) in [6.07, 6.45) is 3.01. The van der Waals surface area contributed by atoms with Crippen LogP contribution in [0.1, 0.15) is 24.1 Å². The maximum absolute atomic E-state index is 13.5. The first-order valence-electron chi connectivity index (χ1n) is 12.6. The van der Waals surface area contributed by atoms with E-state index in [0.29, 0.717) is 31.4 Å². The second kappa shape index (κ2) is 12.8. The molecule has 4 N–H and O–H groups in total. The highest BCUT2D eigenvalue weighted by Crippen LogP contribution is 2.18. The van der Waals surface area contributed by atoms with Crippen LogP contribution in [-0.4, -0.2) is 93.5 Å². The van der Waals surface area contributed by atoms with Gasteiger partial charge in [-0.3, -0.25) is 24.0 Å². The van der Waals surface area contributed by atoms with Gasteiger partial charge in [0.1, 0.15) is 31.0 Å². The van der Waals surface area contributed by atoms with E-state index >= 15 is 0 Å². The molecule has 14 heteroatoms. The Labute approximate surface area is 223 Å². The summed E-state index contributed by atoms with van der Waals surface area (Å²) in [7, 11) is 0. The molecule has 206 valence electrons. The Hall–Kier alpha value is -4.62. The van der Waals surface area contributed by atoms with E-state index in [4.69, 9.17) is 0 Å². The minimum atomic E-state index is -1.15. The van der Waals surface area contributed by atoms with Gasteiger partial charge in [0.2, 0.25) is 29.5 Å². The lowest BCUT2D eigenvalue weighted by Crippen LogP contribution is -2.57. The normalized spacial score (nSPS) is 22.7. The van der Waals surface area contributed by atoms with Crippen molar-refractivity contribution in [1.82, 2.24) is 41.2 Å². The number of hydrogen-bond donors (Lipinski definition) is 4. The van der Waals surface area contributed by atoms with Gasteiger partial charge in [-0.25, -0.2) is 4.68 Å². The molecule has 1 saturated heterocycles. The lowest BCUT2D eigenvalue weighted by Gasteiger charge is -2.27. The molecule has 2 bridgehead atoms. The second-order valence-electron chi connectivity index (χ2n) is 9.36. The van der Waals surface area contributed by atoms with Crippen LogP contribution in [0.25, 0.3) is 0 Å². The molecule has 5 amide bonds. The molecule has 4 rings (SSSR count). The maximum Gasteiger partial charge on any atom is 0.243 e. The van der Waals surface area contributed by atoms with Crippen LogP contribution in [0, 0.1) is 0 Å². The monoisotopic (exact) mass is 538 g/mol. The van der Waals surface area contributed by atoms with Crippen molar-refractivity contribution in [2.45, 2.75) is 50.4 Å². The molecule has 3 heterocycles. The van der Waals surface area contributed by atoms with Crippen LogP contribution in [0.2, 0.25) is 0 Å². The first kappa shape index (κ1) is 27.4. The summed E-state index contributed by atoms with van der Waals surface area (Å²) in [5, 5.41) is 18.3. The quantitative estimate of drug-likeness (QED) is 0.300. The molecule has 3 unspecified atom stereocenters. The molecule has 2 aliphatic heterocycles. The number of fused-ring (bicyclic) bond motifs is 3. The fourth-order valence-electron chi connectivity index (χ4n) is 4.61. The number of rotatable bonds is 5. The molecule has 2 aliphatic rings. The zero-order valence-electron chi connectivity index (χ0n) is 21.2. The van der Waals surface area contributed by atoms with Gasteiger partial charge in [0.05, 0.1) is 18.8 Å². The molecule has 0 spiro atoms. The minimum absolute atomic E-state index is 0.0844. The molecule has 1 fully saturated rings. The third kappa shape index (κ3) is 7.24. The second-order valence-corrected chi connectivity index (χ2v) is 9.36. The van der Waals surface area contributed by atoms with E-state index in [2.05, 4.69) is 31.6 Å². The topological polar surface area (TPSA) is 184 Å². The van der Waals surface area contributed by atoms with Crippen molar-refractivity contribution in [2.24, 2.45) is 0 Å². The van der Waals surface area contributed by atoms with Crippen LogP contribution in [0.4, 0.5) is 0 Å².